The summed E-state index contributed by atoms with van der Waals surface area (Å²) in [6.07, 6.45) is 4.10. The predicted octanol–water partition coefficient (Wildman–Crippen LogP) is 4.16. The number of aromatic nitrogens is 3. The number of hydrogen-bond acceptors (Lipinski definition) is 4. The van der Waals surface area contributed by atoms with Gasteiger partial charge in [0, 0.05) is 37.2 Å². The van der Waals surface area contributed by atoms with Gasteiger partial charge in [0.25, 0.3) is 5.91 Å². The maximum Gasteiger partial charge on any atom is 0.257 e. The molecule has 1 amide bonds. The number of fused-ring (bicyclic) bond motifs is 1. The molecule has 4 aromatic rings. The third-order valence-corrected chi connectivity index (χ3v) is 4.95. The topological polar surface area (TPSA) is 64.2 Å². The molecule has 0 saturated carbocycles. The van der Waals surface area contributed by atoms with Gasteiger partial charge in [-0.25, -0.2) is 9.67 Å². The molecule has 6 nitrogen and oxygen atoms in total. The zero-order chi connectivity index (χ0) is 19.7. The summed E-state index contributed by atoms with van der Waals surface area (Å²) in [4.78, 5) is 19.1. The molecular formula is C22H22N4O2. The number of hydrogen-bond donors (Lipinski definition) is 0. The van der Waals surface area contributed by atoms with Crippen LogP contribution in [0.4, 0.5) is 0 Å². The zero-order valence-corrected chi connectivity index (χ0v) is 16.2. The van der Waals surface area contributed by atoms with E-state index in [2.05, 4.69) is 17.0 Å². The van der Waals surface area contributed by atoms with Crippen molar-refractivity contribution in [2.75, 3.05) is 7.05 Å². The molecule has 0 aliphatic carbocycles. The molecule has 0 fully saturated rings. The maximum atomic E-state index is 13.1. The minimum Gasteiger partial charge on any atom is -0.461 e. The minimum atomic E-state index is -0.0768. The lowest BCUT2D eigenvalue weighted by molar-refractivity contribution is 0.0784. The predicted molar refractivity (Wildman–Crippen MR) is 107 cm³/mol. The Hall–Kier alpha value is -3.41. The third-order valence-electron chi connectivity index (χ3n) is 4.95. The monoisotopic (exact) mass is 374 g/mol. The molecule has 142 valence electrons. The van der Waals surface area contributed by atoms with Crippen LogP contribution in [0.5, 0.6) is 0 Å². The minimum absolute atomic E-state index is 0.0768. The highest BCUT2D eigenvalue weighted by molar-refractivity contribution is 5.95. The Morgan fingerprint density at radius 3 is 2.71 bits per heavy atom. The Kier molecular flexibility index (Phi) is 4.69. The standard InChI is InChI=1S/C22H22N4O2/c1-4-19-18(16-9-5-6-10-20(16)28-19)14-25(3)22(27)17-13-24-26(15(17)2)21-11-7-8-12-23-21/h5-13H,4,14H2,1-3H3. The molecule has 28 heavy (non-hydrogen) atoms. The van der Waals surface area contributed by atoms with E-state index in [1.165, 1.54) is 0 Å². The van der Waals surface area contributed by atoms with Gasteiger partial charge in [-0.1, -0.05) is 31.2 Å². The molecule has 0 aliphatic heterocycles. The van der Waals surface area contributed by atoms with Gasteiger partial charge in [0.2, 0.25) is 0 Å². The van der Waals surface area contributed by atoms with Gasteiger partial charge >= 0.3 is 0 Å². The second-order valence-electron chi connectivity index (χ2n) is 6.76. The summed E-state index contributed by atoms with van der Waals surface area (Å²) in [6.45, 7) is 4.42. The molecule has 0 atom stereocenters. The summed E-state index contributed by atoms with van der Waals surface area (Å²) in [5.74, 6) is 1.53. The molecule has 0 aliphatic rings. The second kappa shape index (κ2) is 7.31. The van der Waals surface area contributed by atoms with Gasteiger partial charge in [0.15, 0.2) is 5.82 Å². The Morgan fingerprint density at radius 2 is 1.96 bits per heavy atom. The summed E-state index contributed by atoms with van der Waals surface area (Å²) < 4.78 is 7.64. The number of para-hydroxylation sites is 1. The van der Waals surface area contributed by atoms with E-state index in [4.69, 9.17) is 4.42 Å². The first-order valence-corrected chi connectivity index (χ1v) is 9.31. The van der Waals surface area contributed by atoms with E-state index in [9.17, 15) is 4.79 Å². The molecule has 0 bridgehead atoms. The fraction of sp³-hybridized carbons (Fsp3) is 0.227. The van der Waals surface area contributed by atoms with Gasteiger partial charge in [-0.3, -0.25) is 4.79 Å². The Labute approximate surface area is 163 Å². The average molecular weight is 374 g/mol. The zero-order valence-electron chi connectivity index (χ0n) is 16.2. The number of rotatable bonds is 5. The highest BCUT2D eigenvalue weighted by Gasteiger charge is 2.22. The molecule has 0 unspecified atom stereocenters. The lowest BCUT2D eigenvalue weighted by Gasteiger charge is -2.17. The normalized spacial score (nSPS) is 11.1. The van der Waals surface area contributed by atoms with Crippen molar-refractivity contribution < 1.29 is 9.21 Å². The molecule has 3 aromatic heterocycles. The fourth-order valence-electron chi connectivity index (χ4n) is 3.45. The third kappa shape index (κ3) is 3.07. The molecule has 0 radical (unpaired) electrons. The smallest absolute Gasteiger partial charge is 0.257 e. The van der Waals surface area contributed by atoms with E-state index in [1.54, 1.807) is 29.0 Å². The van der Waals surface area contributed by atoms with Crippen LogP contribution >= 0.6 is 0 Å². The van der Waals surface area contributed by atoms with Crippen LogP contribution in [-0.4, -0.2) is 32.6 Å². The fourth-order valence-corrected chi connectivity index (χ4v) is 3.45. The first-order chi connectivity index (χ1) is 13.6. The Bertz CT molecular complexity index is 1130. The van der Waals surface area contributed by atoms with Crippen LogP contribution in [0, 0.1) is 6.92 Å². The van der Waals surface area contributed by atoms with Crippen molar-refractivity contribution in [3.05, 3.63) is 77.4 Å². The first kappa shape index (κ1) is 18.0. The summed E-state index contributed by atoms with van der Waals surface area (Å²) in [5.41, 5.74) is 3.25. The van der Waals surface area contributed by atoms with E-state index >= 15 is 0 Å². The van der Waals surface area contributed by atoms with Crippen LogP contribution in [0.25, 0.3) is 16.8 Å². The van der Waals surface area contributed by atoms with Gasteiger partial charge < -0.3 is 9.32 Å². The number of nitrogens with zero attached hydrogens (tertiary/aromatic N) is 4. The molecule has 1 aromatic carbocycles. The largest absolute Gasteiger partial charge is 0.461 e. The molecule has 4 rings (SSSR count). The Balaban J connectivity index is 1.63. The number of carbonyl (C=O) groups is 1. The quantitative estimate of drug-likeness (QED) is 0.526. The number of aryl methyl sites for hydroxylation is 1. The van der Waals surface area contributed by atoms with E-state index in [0.29, 0.717) is 17.9 Å². The lowest BCUT2D eigenvalue weighted by Crippen LogP contribution is -2.27. The highest BCUT2D eigenvalue weighted by Crippen LogP contribution is 2.28. The van der Waals surface area contributed by atoms with Crippen molar-refractivity contribution in [3.8, 4) is 5.82 Å². The number of pyridine rings is 1. The van der Waals surface area contributed by atoms with Gasteiger partial charge in [0.05, 0.1) is 17.5 Å². The summed E-state index contributed by atoms with van der Waals surface area (Å²) in [7, 11) is 1.81. The van der Waals surface area contributed by atoms with Crippen molar-refractivity contribution in [1.29, 1.82) is 0 Å². The van der Waals surface area contributed by atoms with Crippen LogP contribution in [0.15, 0.2) is 59.3 Å². The number of carbonyl (C=O) groups excluding carboxylic acids is 1. The van der Waals surface area contributed by atoms with Crippen molar-refractivity contribution in [2.24, 2.45) is 0 Å². The summed E-state index contributed by atoms with van der Waals surface area (Å²) in [5, 5.41) is 5.41. The Morgan fingerprint density at radius 1 is 1.18 bits per heavy atom. The van der Waals surface area contributed by atoms with Crippen molar-refractivity contribution in [2.45, 2.75) is 26.8 Å². The van der Waals surface area contributed by atoms with Crippen molar-refractivity contribution in [1.82, 2.24) is 19.7 Å². The van der Waals surface area contributed by atoms with Gasteiger partial charge in [0.1, 0.15) is 11.3 Å². The van der Waals surface area contributed by atoms with Gasteiger partial charge in [-0.05, 0) is 25.1 Å². The molecular weight excluding hydrogens is 352 g/mol. The van der Waals surface area contributed by atoms with Crippen LogP contribution in [-0.2, 0) is 13.0 Å². The number of furan rings is 1. The average Bonchev–Trinajstić information content (AvgIpc) is 3.28. The van der Waals surface area contributed by atoms with Gasteiger partial charge in [-0.15, -0.1) is 0 Å². The molecule has 0 N–H and O–H groups in total. The first-order valence-electron chi connectivity index (χ1n) is 9.31. The molecule has 0 spiro atoms. The van der Waals surface area contributed by atoms with E-state index in [-0.39, 0.29) is 5.91 Å². The van der Waals surface area contributed by atoms with Crippen LogP contribution in [0.1, 0.15) is 34.3 Å². The van der Waals surface area contributed by atoms with E-state index in [1.807, 2.05) is 49.4 Å². The SMILES string of the molecule is CCc1oc2ccccc2c1CN(C)C(=O)c1cnn(-c2ccccn2)c1C. The molecule has 0 saturated heterocycles. The van der Waals surface area contributed by atoms with Crippen LogP contribution in [0.3, 0.4) is 0 Å². The van der Waals surface area contributed by atoms with E-state index < -0.39 is 0 Å². The number of benzene rings is 1. The highest BCUT2D eigenvalue weighted by atomic mass is 16.3. The van der Waals surface area contributed by atoms with Crippen molar-refractivity contribution in [3.63, 3.8) is 0 Å². The van der Waals surface area contributed by atoms with E-state index in [0.717, 1.165) is 34.4 Å². The number of amides is 1. The van der Waals surface area contributed by atoms with Crippen molar-refractivity contribution >= 4 is 16.9 Å². The lowest BCUT2D eigenvalue weighted by atomic mass is 10.1. The summed E-state index contributed by atoms with van der Waals surface area (Å²) >= 11 is 0. The second-order valence-corrected chi connectivity index (χ2v) is 6.76. The summed E-state index contributed by atoms with van der Waals surface area (Å²) in [6, 6.07) is 13.6. The van der Waals surface area contributed by atoms with Crippen LogP contribution < -0.4 is 0 Å². The molecule has 6 heteroatoms. The maximum absolute atomic E-state index is 13.1. The van der Waals surface area contributed by atoms with Gasteiger partial charge in [-0.2, -0.15) is 5.10 Å². The molecule has 3 heterocycles. The van der Waals surface area contributed by atoms with Crippen LogP contribution in [0.2, 0.25) is 0 Å².